The minimum atomic E-state index is -0.421. The van der Waals surface area contributed by atoms with E-state index >= 15 is 0 Å². The van der Waals surface area contributed by atoms with Crippen LogP contribution < -0.4 is 10.6 Å². The molecule has 2 N–H and O–H groups in total. The standard InChI is InChI=1S/C11H17N5O2S2/c1-16-7-13-15-11(16)20-5-3-12-10(18)8-6-19-4-2-9(17)14-8/h7-8H,2-6H2,1H3,(H,12,18)(H,14,17)/t8-/m0/s1. The molecular weight excluding hydrogens is 298 g/mol. The molecule has 0 spiro atoms. The average Bonchev–Trinajstić information content (AvgIpc) is 2.70. The van der Waals surface area contributed by atoms with E-state index in [4.69, 9.17) is 0 Å². The third-order valence-corrected chi connectivity index (χ3v) is 4.81. The highest BCUT2D eigenvalue weighted by Gasteiger charge is 2.22. The SMILES string of the molecule is Cn1cnnc1SCCNC(=O)[C@@H]1CSCCC(=O)N1. The lowest BCUT2D eigenvalue weighted by Crippen LogP contribution is -2.47. The third-order valence-electron chi connectivity index (χ3n) is 2.71. The maximum Gasteiger partial charge on any atom is 0.243 e. The molecule has 2 amide bonds. The van der Waals surface area contributed by atoms with Crippen molar-refractivity contribution < 1.29 is 9.59 Å². The number of thioether (sulfide) groups is 2. The summed E-state index contributed by atoms with van der Waals surface area (Å²) in [5.41, 5.74) is 0. The number of carbonyl (C=O) groups excluding carboxylic acids is 2. The predicted molar refractivity (Wildman–Crippen MR) is 78.6 cm³/mol. The summed E-state index contributed by atoms with van der Waals surface area (Å²) in [6.07, 6.45) is 2.12. The van der Waals surface area contributed by atoms with E-state index in [1.807, 2.05) is 11.6 Å². The first-order valence-corrected chi connectivity index (χ1v) is 8.42. The van der Waals surface area contributed by atoms with Crippen LogP contribution in [-0.4, -0.2) is 56.4 Å². The first-order chi connectivity index (χ1) is 9.66. The molecule has 1 aromatic rings. The molecule has 0 aliphatic carbocycles. The van der Waals surface area contributed by atoms with Crippen LogP contribution in [0, 0.1) is 0 Å². The minimum absolute atomic E-state index is 0.0522. The lowest BCUT2D eigenvalue weighted by atomic mass is 10.3. The van der Waals surface area contributed by atoms with Gasteiger partial charge in [0.2, 0.25) is 11.8 Å². The normalized spacial score (nSPS) is 19.2. The van der Waals surface area contributed by atoms with Gasteiger partial charge in [-0.25, -0.2) is 0 Å². The van der Waals surface area contributed by atoms with Crippen molar-refractivity contribution >= 4 is 35.3 Å². The fraction of sp³-hybridized carbons (Fsp3) is 0.636. The Morgan fingerprint density at radius 3 is 3.30 bits per heavy atom. The van der Waals surface area contributed by atoms with Gasteiger partial charge in [0.25, 0.3) is 0 Å². The molecule has 9 heteroatoms. The minimum Gasteiger partial charge on any atom is -0.353 e. The van der Waals surface area contributed by atoms with Crippen molar-refractivity contribution in [2.45, 2.75) is 17.6 Å². The van der Waals surface area contributed by atoms with Gasteiger partial charge in [-0.2, -0.15) is 11.8 Å². The number of nitrogens with one attached hydrogen (secondary N) is 2. The number of aromatic nitrogens is 3. The van der Waals surface area contributed by atoms with Gasteiger partial charge in [0.15, 0.2) is 5.16 Å². The van der Waals surface area contributed by atoms with Crippen LogP contribution in [0.5, 0.6) is 0 Å². The smallest absolute Gasteiger partial charge is 0.243 e. The van der Waals surface area contributed by atoms with Gasteiger partial charge in [-0.1, -0.05) is 11.8 Å². The second-order valence-electron chi connectivity index (χ2n) is 4.31. The summed E-state index contributed by atoms with van der Waals surface area (Å²) >= 11 is 3.15. The molecule has 2 rings (SSSR count). The fourth-order valence-corrected chi connectivity index (χ4v) is 3.37. The number of carbonyl (C=O) groups is 2. The highest BCUT2D eigenvalue weighted by Crippen LogP contribution is 2.12. The van der Waals surface area contributed by atoms with E-state index < -0.39 is 6.04 Å². The summed E-state index contributed by atoms with van der Waals surface area (Å²) in [5.74, 6) is 1.95. The maximum absolute atomic E-state index is 11.9. The maximum atomic E-state index is 11.9. The van der Waals surface area contributed by atoms with Crippen LogP contribution in [0.4, 0.5) is 0 Å². The van der Waals surface area contributed by atoms with Crippen molar-refractivity contribution in [2.24, 2.45) is 7.05 Å². The zero-order valence-electron chi connectivity index (χ0n) is 11.2. The van der Waals surface area contributed by atoms with E-state index in [9.17, 15) is 9.59 Å². The van der Waals surface area contributed by atoms with Gasteiger partial charge in [0.05, 0.1) is 0 Å². The lowest BCUT2D eigenvalue weighted by Gasteiger charge is -2.14. The number of rotatable bonds is 5. The number of nitrogens with zero attached hydrogens (tertiary/aromatic N) is 3. The van der Waals surface area contributed by atoms with Gasteiger partial charge >= 0.3 is 0 Å². The molecule has 0 aromatic carbocycles. The van der Waals surface area contributed by atoms with Crippen LogP contribution in [0.25, 0.3) is 0 Å². The molecule has 20 heavy (non-hydrogen) atoms. The molecule has 1 aromatic heterocycles. The van der Waals surface area contributed by atoms with Gasteiger partial charge in [0, 0.05) is 37.3 Å². The summed E-state index contributed by atoms with van der Waals surface area (Å²) in [4.78, 5) is 23.3. The first-order valence-electron chi connectivity index (χ1n) is 6.28. The van der Waals surface area contributed by atoms with Crippen LogP contribution >= 0.6 is 23.5 Å². The molecule has 1 aliphatic heterocycles. The van der Waals surface area contributed by atoms with Crippen LogP contribution in [0.1, 0.15) is 6.42 Å². The first kappa shape index (κ1) is 15.2. The zero-order valence-corrected chi connectivity index (χ0v) is 12.8. The van der Waals surface area contributed by atoms with Crippen molar-refractivity contribution in [2.75, 3.05) is 23.8 Å². The fourth-order valence-electron chi connectivity index (χ4n) is 1.66. The second-order valence-corrected chi connectivity index (χ2v) is 6.52. The molecule has 1 atom stereocenters. The van der Waals surface area contributed by atoms with Crippen LogP contribution in [0.2, 0.25) is 0 Å². The van der Waals surface area contributed by atoms with Crippen LogP contribution in [0.15, 0.2) is 11.5 Å². The average molecular weight is 315 g/mol. The largest absolute Gasteiger partial charge is 0.353 e. The monoisotopic (exact) mass is 315 g/mol. The van der Waals surface area contributed by atoms with Crippen molar-refractivity contribution in [1.29, 1.82) is 0 Å². The predicted octanol–water partition coefficient (Wildman–Crippen LogP) is -0.355. The molecule has 0 saturated carbocycles. The Kier molecular flexibility index (Phi) is 5.72. The van der Waals surface area contributed by atoms with Gasteiger partial charge in [-0.3, -0.25) is 9.59 Å². The van der Waals surface area contributed by atoms with E-state index in [1.165, 1.54) is 11.8 Å². The molecular formula is C11H17N5O2S2. The summed E-state index contributed by atoms with van der Waals surface area (Å²) < 4.78 is 1.83. The highest BCUT2D eigenvalue weighted by atomic mass is 32.2. The Morgan fingerprint density at radius 1 is 1.70 bits per heavy atom. The summed E-state index contributed by atoms with van der Waals surface area (Å²) in [5, 5.41) is 14.1. The van der Waals surface area contributed by atoms with Crippen molar-refractivity contribution in [3.8, 4) is 0 Å². The Balaban J connectivity index is 1.69. The summed E-state index contributed by atoms with van der Waals surface area (Å²) in [7, 11) is 1.87. The molecule has 2 heterocycles. The van der Waals surface area contributed by atoms with E-state index in [-0.39, 0.29) is 11.8 Å². The molecule has 1 aliphatic rings. The topological polar surface area (TPSA) is 88.9 Å². The summed E-state index contributed by atoms with van der Waals surface area (Å²) in [6, 6.07) is -0.421. The number of amides is 2. The van der Waals surface area contributed by atoms with Gasteiger partial charge in [-0.05, 0) is 0 Å². The molecule has 0 radical (unpaired) electrons. The van der Waals surface area contributed by atoms with Gasteiger partial charge in [-0.15, -0.1) is 10.2 Å². The van der Waals surface area contributed by atoms with Gasteiger partial charge in [0.1, 0.15) is 12.4 Å². The third kappa shape index (κ3) is 4.41. The molecule has 0 unspecified atom stereocenters. The molecule has 7 nitrogen and oxygen atoms in total. The number of aryl methyl sites for hydroxylation is 1. The Hall–Kier alpha value is -1.22. The molecule has 0 bridgehead atoms. The molecule has 1 fully saturated rings. The van der Waals surface area contributed by atoms with Gasteiger partial charge < -0.3 is 15.2 Å². The highest BCUT2D eigenvalue weighted by molar-refractivity contribution is 7.99. The quantitative estimate of drug-likeness (QED) is 0.570. The van der Waals surface area contributed by atoms with E-state index in [0.29, 0.717) is 24.5 Å². The Bertz CT molecular complexity index is 479. The van der Waals surface area contributed by atoms with Crippen molar-refractivity contribution in [3.05, 3.63) is 6.33 Å². The Morgan fingerprint density at radius 2 is 2.55 bits per heavy atom. The zero-order chi connectivity index (χ0) is 14.4. The van der Waals surface area contributed by atoms with Crippen LogP contribution in [0.3, 0.4) is 0 Å². The second kappa shape index (κ2) is 7.53. The number of hydrogen-bond donors (Lipinski definition) is 2. The molecule has 110 valence electrons. The van der Waals surface area contributed by atoms with Crippen molar-refractivity contribution in [1.82, 2.24) is 25.4 Å². The lowest BCUT2D eigenvalue weighted by molar-refractivity contribution is -0.128. The van der Waals surface area contributed by atoms with Crippen molar-refractivity contribution in [3.63, 3.8) is 0 Å². The number of hydrogen-bond acceptors (Lipinski definition) is 6. The van der Waals surface area contributed by atoms with E-state index in [1.54, 1.807) is 18.1 Å². The summed E-state index contributed by atoms with van der Waals surface area (Å²) in [6.45, 7) is 0.535. The Labute approximate surface area is 125 Å². The van der Waals surface area contributed by atoms with E-state index in [2.05, 4.69) is 20.8 Å². The molecule has 1 saturated heterocycles. The van der Waals surface area contributed by atoms with Crippen LogP contribution in [-0.2, 0) is 16.6 Å². The van der Waals surface area contributed by atoms with E-state index in [0.717, 1.165) is 10.9 Å².